The molecule has 1 unspecified atom stereocenters. The molecule has 100 valence electrons. The Morgan fingerprint density at radius 1 is 1.28 bits per heavy atom. The van der Waals surface area contributed by atoms with E-state index in [1.807, 2.05) is 32.9 Å². The molecule has 0 aliphatic carbocycles. The summed E-state index contributed by atoms with van der Waals surface area (Å²) in [7, 11) is -1.18. The topological polar surface area (TPSA) is 29.4 Å². The number of hydrogen-bond donors (Lipinski definition) is 0. The minimum atomic E-state index is -1.18. The van der Waals surface area contributed by atoms with Crippen LogP contribution >= 0.6 is 23.2 Å². The minimum absolute atomic E-state index is 0.305. The Hall–Kier alpha value is -0.380. The van der Waals surface area contributed by atoms with Gasteiger partial charge in [0, 0.05) is 6.21 Å². The Bertz CT molecular complexity index is 467. The average molecular weight is 306 g/mol. The Labute approximate surface area is 121 Å². The third kappa shape index (κ3) is 5.09. The summed E-state index contributed by atoms with van der Waals surface area (Å²) in [6, 6.07) is 5.56. The first kappa shape index (κ1) is 15.7. The smallest absolute Gasteiger partial charge is 0.144 e. The van der Waals surface area contributed by atoms with Crippen molar-refractivity contribution < 1.29 is 4.21 Å². The van der Waals surface area contributed by atoms with Crippen molar-refractivity contribution in [3.63, 3.8) is 0 Å². The molecule has 0 amide bonds. The Balaban J connectivity index is 2.49. The quantitative estimate of drug-likeness (QED) is 0.755. The zero-order valence-electron chi connectivity index (χ0n) is 10.7. The molecule has 0 saturated carbocycles. The minimum Gasteiger partial charge on any atom is -0.234 e. The van der Waals surface area contributed by atoms with E-state index in [4.69, 9.17) is 23.2 Å². The summed E-state index contributed by atoms with van der Waals surface area (Å²) in [5, 5.41) is 1.12. The largest absolute Gasteiger partial charge is 0.234 e. The van der Waals surface area contributed by atoms with Crippen molar-refractivity contribution in [3.8, 4) is 0 Å². The molecule has 0 radical (unpaired) electrons. The first-order valence-electron chi connectivity index (χ1n) is 5.69. The predicted octanol–water partition coefficient (Wildman–Crippen LogP) is 4.46. The first-order chi connectivity index (χ1) is 8.30. The molecular weight excluding hydrogens is 289 g/mol. The molecule has 0 heterocycles. The van der Waals surface area contributed by atoms with Crippen LogP contribution in [-0.2, 0) is 17.4 Å². The van der Waals surface area contributed by atoms with Crippen molar-refractivity contribution in [3.05, 3.63) is 33.8 Å². The molecule has 0 N–H and O–H groups in total. The highest BCUT2D eigenvalue weighted by Crippen LogP contribution is 2.23. The number of aryl methyl sites for hydroxylation is 1. The highest BCUT2D eigenvalue weighted by Gasteiger charge is 2.17. The zero-order chi connectivity index (χ0) is 13.8. The fraction of sp³-hybridized carbons (Fsp3) is 0.462. The summed E-state index contributed by atoms with van der Waals surface area (Å²) in [6.45, 7) is 5.71. The summed E-state index contributed by atoms with van der Waals surface area (Å²) >= 11 is 11.8. The van der Waals surface area contributed by atoms with E-state index in [0.717, 1.165) is 18.4 Å². The molecule has 0 aliphatic heterocycles. The van der Waals surface area contributed by atoms with E-state index >= 15 is 0 Å². The number of nitrogens with zero attached hydrogens (tertiary/aromatic N) is 1. The third-order valence-electron chi connectivity index (χ3n) is 2.24. The summed E-state index contributed by atoms with van der Waals surface area (Å²) in [4.78, 5) is 0. The van der Waals surface area contributed by atoms with Gasteiger partial charge >= 0.3 is 0 Å². The van der Waals surface area contributed by atoms with Crippen molar-refractivity contribution >= 4 is 40.4 Å². The molecular formula is C13H17Cl2NOS. The van der Waals surface area contributed by atoms with E-state index in [9.17, 15) is 4.21 Å². The van der Waals surface area contributed by atoms with Crippen LogP contribution in [0, 0.1) is 0 Å². The lowest BCUT2D eigenvalue weighted by atomic mass is 10.1. The van der Waals surface area contributed by atoms with Crippen molar-refractivity contribution in [1.29, 1.82) is 0 Å². The maximum Gasteiger partial charge on any atom is 0.144 e. The molecule has 1 rings (SSSR count). The second-order valence-electron chi connectivity index (χ2n) is 4.94. The standard InChI is InChI=1S/C13H17Cl2NOS/c1-13(2,3)18(17)16-8-4-5-10-6-7-11(14)12(15)9-10/h6-9H,4-5H2,1-3H3. The first-order valence-corrected chi connectivity index (χ1v) is 7.55. The maximum atomic E-state index is 11.6. The van der Waals surface area contributed by atoms with Crippen LogP contribution in [0.2, 0.25) is 10.0 Å². The van der Waals surface area contributed by atoms with Crippen LogP contribution < -0.4 is 0 Å². The summed E-state index contributed by atoms with van der Waals surface area (Å²) in [6.07, 6.45) is 3.26. The Kier molecular flexibility index (Phi) is 5.83. The Morgan fingerprint density at radius 2 is 1.94 bits per heavy atom. The van der Waals surface area contributed by atoms with Gasteiger partial charge in [0.2, 0.25) is 0 Å². The van der Waals surface area contributed by atoms with Crippen LogP contribution in [0.25, 0.3) is 0 Å². The van der Waals surface area contributed by atoms with Crippen molar-refractivity contribution in [2.45, 2.75) is 38.4 Å². The molecule has 1 atom stereocenters. The highest BCUT2D eigenvalue weighted by molar-refractivity contribution is 7.85. The molecule has 2 nitrogen and oxygen atoms in total. The number of halogens is 2. The van der Waals surface area contributed by atoms with E-state index in [1.165, 1.54) is 0 Å². The van der Waals surface area contributed by atoms with E-state index < -0.39 is 11.0 Å². The molecule has 0 aromatic heterocycles. The zero-order valence-corrected chi connectivity index (χ0v) is 13.1. The number of rotatable bonds is 4. The second kappa shape index (κ2) is 6.69. The lowest BCUT2D eigenvalue weighted by molar-refractivity contribution is 0.650. The van der Waals surface area contributed by atoms with Gasteiger partial charge in [0.05, 0.1) is 14.8 Å². The van der Waals surface area contributed by atoms with Gasteiger partial charge in [-0.05, 0) is 51.3 Å². The molecule has 0 spiro atoms. The van der Waals surface area contributed by atoms with Crippen LogP contribution in [0.5, 0.6) is 0 Å². The van der Waals surface area contributed by atoms with Crippen molar-refractivity contribution in [2.75, 3.05) is 0 Å². The maximum absolute atomic E-state index is 11.6. The van der Waals surface area contributed by atoms with Crippen LogP contribution in [-0.4, -0.2) is 15.2 Å². The van der Waals surface area contributed by atoms with Crippen LogP contribution in [0.1, 0.15) is 32.8 Å². The van der Waals surface area contributed by atoms with Gasteiger partial charge in [-0.2, -0.15) is 4.40 Å². The number of benzene rings is 1. The molecule has 0 saturated heterocycles. The van der Waals surface area contributed by atoms with Gasteiger partial charge in [0.1, 0.15) is 11.0 Å². The van der Waals surface area contributed by atoms with Gasteiger partial charge in [0.25, 0.3) is 0 Å². The summed E-state index contributed by atoms with van der Waals surface area (Å²) in [5.41, 5.74) is 1.09. The monoisotopic (exact) mass is 305 g/mol. The van der Waals surface area contributed by atoms with E-state index in [-0.39, 0.29) is 4.75 Å². The molecule has 0 fully saturated rings. The lowest BCUT2D eigenvalue weighted by Crippen LogP contribution is -2.19. The SMILES string of the molecule is CC(C)(C)S(=O)N=CCCc1ccc(Cl)c(Cl)c1. The van der Waals surface area contributed by atoms with Gasteiger partial charge in [-0.15, -0.1) is 0 Å². The van der Waals surface area contributed by atoms with Crippen LogP contribution in [0.3, 0.4) is 0 Å². The molecule has 0 aliphatic rings. The van der Waals surface area contributed by atoms with E-state index in [2.05, 4.69) is 4.40 Å². The Morgan fingerprint density at radius 3 is 2.50 bits per heavy atom. The van der Waals surface area contributed by atoms with Gasteiger partial charge in [-0.3, -0.25) is 0 Å². The second-order valence-corrected chi connectivity index (χ2v) is 7.68. The van der Waals surface area contributed by atoms with Crippen molar-refractivity contribution in [1.82, 2.24) is 0 Å². The van der Waals surface area contributed by atoms with Gasteiger partial charge < -0.3 is 0 Å². The summed E-state index contributed by atoms with van der Waals surface area (Å²) in [5.74, 6) is 0. The van der Waals surface area contributed by atoms with Gasteiger partial charge in [-0.1, -0.05) is 29.3 Å². The molecule has 5 heteroatoms. The van der Waals surface area contributed by atoms with Gasteiger partial charge in [-0.25, -0.2) is 4.21 Å². The molecule has 18 heavy (non-hydrogen) atoms. The van der Waals surface area contributed by atoms with Gasteiger partial charge in [0.15, 0.2) is 0 Å². The fourth-order valence-corrected chi connectivity index (χ4v) is 2.08. The highest BCUT2D eigenvalue weighted by atomic mass is 35.5. The third-order valence-corrected chi connectivity index (χ3v) is 4.37. The predicted molar refractivity (Wildman–Crippen MR) is 81.2 cm³/mol. The normalized spacial score (nSPS) is 14.1. The van der Waals surface area contributed by atoms with E-state index in [1.54, 1.807) is 12.3 Å². The van der Waals surface area contributed by atoms with Crippen LogP contribution in [0.4, 0.5) is 0 Å². The molecule has 0 bridgehead atoms. The number of hydrogen-bond acceptors (Lipinski definition) is 1. The average Bonchev–Trinajstić information content (AvgIpc) is 2.27. The van der Waals surface area contributed by atoms with E-state index in [0.29, 0.717) is 10.0 Å². The fourth-order valence-electron chi connectivity index (χ4n) is 1.20. The summed E-state index contributed by atoms with van der Waals surface area (Å²) < 4.78 is 15.4. The van der Waals surface area contributed by atoms with Crippen LogP contribution in [0.15, 0.2) is 22.6 Å². The molecule has 1 aromatic carbocycles. The van der Waals surface area contributed by atoms with Crippen molar-refractivity contribution in [2.24, 2.45) is 4.40 Å². The molecule has 1 aromatic rings. The lowest BCUT2D eigenvalue weighted by Gasteiger charge is -2.12.